The molecule has 1 aromatic carbocycles. The van der Waals surface area contributed by atoms with E-state index in [4.69, 9.17) is 9.47 Å². The van der Waals surface area contributed by atoms with Crippen molar-refractivity contribution < 1.29 is 24.2 Å². The molecule has 0 aliphatic carbocycles. The van der Waals surface area contributed by atoms with Crippen molar-refractivity contribution in [1.29, 1.82) is 0 Å². The lowest BCUT2D eigenvalue weighted by molar-refractivity contribution is -0.137. The summed E-state index contributed by atoms with van der Waals surface area (Å²) in [5.41, 5.74) is 1.05. The van der Waals surface area contributed by atoms with E-state index in [-0.39, 0.29) is 43.0 Å². The summed E-state index contributed by atoms with van der Waals surface area (Å²) in [4.78, 5) is 26.8. The second-order valence-electron chi connectivity index (χ2n) is 8.02. The van der Waals surface area contributed by atoms with Crippen molar-refractivity contribution in [3.63, 3.8) is 0 Å². The minimum atomic E-state index is -0.503. The van der Waals surface area contributed by atoms with Crippen molar-refractivity contribution >= 4 is 11.8 Å². The topological polar surface area (TPSA) is 100 Å². The predicted octanol–water partition coefficient (Wildman–Crippen LogP) is 0.611. The smallest absolute Gasteiger partial charge is 0.234 e. The second kappa shape index (κ2) is 11.4. The molecule has 0 spiro atoms. The minimum Gasteiger partial charge on any atom is -0.394 e. The number of benzene rings is 1. The van der Waals surface area contributed by atoms with Gasteiger partial charge >= 0.3 is 0 Å². The molecule has 3 N–H and O–H groups in total. The van der Waals surface area contributed by atoms with Crippen molar-refractivity contribution in [2.45, 2.75) is 50.5 Å². The normalized spacial score (nSPS) is 26.0. The van der Waals surface area contributed by atoms with Gasteiger partial charge in [0.15, 0.2) is 0 Å². The van der Waals surface area contributed by atoms with E-state index < -0.39 is 6.10 Å². The number of nitrogens with zero attached hydrogens (tertiary/aromatic N) is 1. The molecular weight excluding hydrogens is 386 g/mol. The maximum absolute atomic E-state index is 12.4. The molecule has 30 heavy (non-hydrogen) atoms. The van der Waals surface area contributed by atoms with Crippen molar-refractivity contribution in [2.75, 3.05) is 39.5 Å². The Morgan fingerprint density at radius 3 is 2.60 bits per heavy atom. The highest BCUT2D eigenvalue weighted by atomic mass is 16.5. The lowest BCUT2D eigenvalue weighted by Crippen LogP contribution is -2.53. The first-order chi connectivity index (χ1) is 14.5. The Balaban J connectivity index is 1.43. The quantitative estimate of drug-likeness (QED) is 0.571. The number of nitrogens with one attached hydrogen (secondary N) is 2. The molecule has 0 saturated carbocycles. The molecule has 8 heteroatoms. The second-order valence-corrected chi connectivity index (χ2v) is 8.02. The highest BCUT2D eigenvalue weighted by molar-refractivity contribution is 5.78. The highest BCUT2D eigenvalue weighted by Crippen LogP contribution is 2.22. The molecule has 2 amide bonds. The fraction of sp³-hybridized carbons (Fsp3) is 0.636. The van der Waals surface area contributed by atoms with E-state index in [0.29, 0.717) is 32.6 Å². The number of aliphatic hydroxyl groups excluding tert-OH is 1. The molecule has 2 aliphatic rings. The zero-order chi connectivity index (χ0) is 21.3. The number of ether oxygens (including phenoxy) is 2. The maximum Gasteiger partial charge on any atom is 0.234 e. The number of carbonyl (C=O) groups is 2. The van der Waals surface area contributed by atoms with Crippen LogP contribution in [0.5, 0.6) is 0 Å². The van der Waals surface area contributed by atoms with Crippen molar-refractivity contribution in [3.05, 3.63) is 35.9 Å². The van der Waals surface area contributed by atoms with Gasteiger partial charge in [-0.3, -0.25) is 14.5 Å². The van der Waals surface area contributed by atoms with Gasteiger partial charge in [-0.15, -0.1) is 0 Å². The Morgan fingerprint density at radius 1 is 1.17 bits per heavy atom. The summed E-state index contributed by atoms with van der Waals surface area (Å²) in [5, 5.41) is 15.7. The van der Waals surface area contributed by atoms with Gasteiger partial charge in [0, 0.05) is 13.1 Å². The maximum atomic E-state index is 12.4. The van der Waals surface area contributed by atoms with Gasteiger partial charge in [0.05, 0.1) is 51.0 Å². The van der Waals surface area contributed by atoms with E-state index in [2.05, 4.69) is 15.5 Å². The van der Waals surface area contributed by atoms with Crippen molar-refractivity contribution in [2.24, 2.45) is 0 Å². The van der Waals surface area contributed by atoms with Crippen molar-refractivity contribution in [1.82, 2.24) is 15.5 Å². The van der Waals surface area contributed by atoms with Gasteiger partial charge in [0.2, 0.25) is 11.8 Å². The Kier molecular flexibility index (Phi) is 8.62. The van der Waals surface area contributed by atoms with Crippen LogP contribution >= 0.6 is 0 Å². The van der Waals surface area contributed by atoms with Crippen LogP contribution in [0.1, 0.15) is 37.8 Å². The monoisotopic (exact) mass is 419 g/mol. The summed E-state index contributed by atoms with van der Waals surface area (Å²) in [6.07, 6.45) is 0.801. The third-order valence-electron chi connectivity index (χ3n) is 5.70. The number of aliphatic hydroxyl groups is 1. The number of hydrogen-bond acceptors (Lipinski definition) is 6. The van der Waals surface area contributed by atoms with E-state index >= 15 is 0 Å². The average molecular weight is 420 g/mol. The Bertz CT molecular complexity index is 681. The summed E-state index contributed by atoms with van der Waals surface area (Å²) < 4.78 is 11.2. The van der Waals surface area contributed by atoms with Gasteiger partial charge in [-0.2, -0.15) is 0 Å². The SMILES string of the molecule is C[C@@H](NC(=O)C[C@@H]1CC[C@@H](NC(=O)CN2CCOCC2)[C@H](CO)O1)c1ccccc1. The average Bonchev–Trinajstić information content (AvgIpc) is 2.76. The molecular formula is C22H33N3O5. The molecule has 4 atom stereocenters. The lowest BCUT2D eigenvalue weighted by Gasteiger charge is -2.36. The van der Waals surface area contributed by atoms with Gasteiger partial charge in [-0.1, -0.05) is 30.3 Å². The first-order valence-electron chi connectivity index (χ1n) is 10.7. The zero-order valence-corrected chi connectivity index (χ0v) is 17.6. The first-order valence-corrected chi connectivity index (χ1v) is 10.7. The number of morpholine rings is 1. The molecule has 0 unspecified atom stereocenters. The summed E-state index contributed by atoms with van der Waals surface area (Å²) in [6.45, 7) is 4.86. The van der Waals surface area contributed by atoms with E-state index in [0.717, 1.165) is 18.7 Å². The third-order valence-corrected chi connectivity index (χ3v) is 5.70. The van der Waals surface area contributed by atoms with Crippen LogP contribution in [0.15, 0.2) is 30.3 Å². The van der Waals surface area contributed by atoms with Gasteiger partial charge in [-0.25, -0.2) is 0 Å². The molecule has 0 aromatic heterocycles. The van der Waals surface area contributed by atoms with Crippen LogP contribution in [-0.4, -0.2) is 79.5 Å². The van der Waals surface area contributed by atoms with Crippen LogP contribution < -0.4 is 10.6 Å². The van der Waals surface area contributed by atoms with E-state index in [1.165, 1.54) is 0 Å². The van der Waals surface area contributed by atoms with Gasteiger partial charge in [0.25, 0.3) is 0 Å². The van der Waals surface area contributed by atoms with Gasteiger partial charge < -0.3 is 25.2 Å². The van der Waals surface area contributed by atoms with Crippen LogP contribution in [0.25, 0.3) is 0 Å². The summed E-state index contributed by atoms with van der Waals surface area (Å²) >= 11 is 0. The molecule has 8 nitrogen and oxygen atoms in total. The van der Waals surface area contributed by atoms with Crippen molar-refractivity contribution in [3.8, 4) is 0 Å². The Labute approximate surface area is 177 Å². The molecule has 2 aliphatic heterocycles. The molecule has 2 fully saturated rings. The Hall–Kier alpha value is -2.00. The van der Waals surface area contributed by atoms with Crippen LogP contribution in [0, 0.1) is 0 Å². The molecule has 3 rings (SSSR count). The summed E-state index contributed by atoms with van der Waals surface area (Å²) in [6, 6.07) is 9.47. The standard InChI is InChI=1S/C22H33N3O5/c1-16(17-5-3-2-4-6-17)23-21(27)13-18-7-8-19(20(15-26)30-18)24-22(28)14-25-9-11-29-12-10-25/h2-6,16,18-20,26H,7-15H2,1H3,(H,23,27)(H,24,28)/t16-,18+,19-,20+/m1/s1. The van der Waals surface area contributed by atoms with Gasteiger partial charge in [0.1, 0.15) is 6.10 Å². The van der Waals surface area contributed by atoms with Crippen LogP contribution in [0.4, 0.5) is 0 Å². The summed E-state index contributed by atoms with van der Waals surface area (Å²) in [5.74, 6) is -0.153. The lowest BCUT2D eigenvalue weighted by atomic mass is 9.96. The van der Waals surface area contributed by atoms with E-state index in [1.54, 1.807) is 0 Å². The molecule has 2 saturated heterocycles. The number of amides is 2. The molecule has 2 heterocycles. The fourth-order valence-electron chi connectivity index (χ4n) is 3.99. The van der Waals surface area contributed by atoms with Crippen LogP contribution in [0.2, 0.25) is 0 Å². The molecule has 0 bridgehead atoms. The number of hydrogen-bond donors (Lipinski definition) is 3. The van der Waals surface area contributed by atoms with E-state index in [1.807, 2.05) is 37.3 Å². The highest BCUT2D eigenvalue weighted by Gasteiger charge is 2.33. The van der Waals surface area contributed by atoms with Crippen LogP contribution in [-0.2, 0) is 19.1 Å². The largest absolute Gasteiger partial charge is 0.394 e. The van der Waals surface area contributed by atoms with Gasteiger partial charge in [-0.05, 0) is 25.3 Å². The van der Waals surface area contributed by atoms with E-state index in [9.17, 15) is 14.7 Å². The zero-order valence-electron chi connectivity index (χ0n) is 17.6. The Morgan fingerprint density at radius 2 is 1.90 bits per heavy atom. The minimum absolute atomic E-state index is 0.0724. The molecule has 0 radical (unpaired) electrons. The summed E-state index contributed by atoms with van der Waals surface area (Å²) in [7, 11) is 0. The predicted molar refractivity (Wildman–Crippen MR) is 112 cm³/mol. The molecule has 1 aromatic rings. The number of carbonyl (C=O) groups excluding carboxylic acids is 2. The molecule has 166 valence electrons. The first kappa shape index (κ1) is 22.7. The fourth-order valence-corrected chi connectivity index (χ4v) is 3.99. The third kappa shape index (κ3) is 6.77. The van der Waals surface area contributed by atoms with Crippen LogP contribution in [0.3, 0.4) is 0 Å². The number of rotatable bonds is 8.